The topological polar surface area (TPSA) is 29.3 Å². The normalized spacial score (nSPS) is 14.9. The van der Waals surface area contributed by atoms with Crippen LogP contribution >= 0.6 is 0 Å². The molecule has 2 aromatic rings. The third-order valence-corrected chi connectivity index (χ3v) is 4.62. The molecule has 1 aliphatic rings. The lowest BCUT2D eigenvalue weighted by Crippen LogP contribution is -2.26. The van der Waals surface area contributed by atoms with Crippen LogP contribution in [0.4, 0.5) is 11.4 Å². The molecule has 1 heterocycles. The van der Waals surface area contributed by atoms with Gasteiger partial charge in [0.05, 0.1) is 5.69 Å². The van der Waals surface area contributed by atoms with E-state index in [2.05, 4.69) is 68.1 Å². The van der Waals surface area contributed by atoms with Crippen LogP contribution in [-0.4, -0.2) is 13.1 Å². The summed E-state index contributed by atoms with van der Waals surface area (Å²) in [5.41, 5.74) is 15.1. The second kappa shape index (κ2) is 5.98. The minimum absolute atomic E-state index is 0.718. The van der Waals surface area contributed by atoms with Crippen molar-refractivity contribution in [3.63, 3.8) is 0 Å². The molecule has 0 saturated carbocycles. The zero-order chi connectivity index (χ0) is 15.7. The third-order valence-electron chi connectivity index (χ3n) is 4.62. The number of nitrogens with zero attached hydrogens (tertiary/aromatic N) is 1. The molecule has 2 aromatic carbocycles. The van der Waals surface area contributed by atoms with Crippen LogP contribution in [0.1, 0.15) is 35.6 Å². The first-order chi connectivity index (χ1) is 10.7. The number of fused-ring (bicyclic) bond motifs is 2. The summed E-state index contributed by atoms with van der Waals surface area (Å²) in [5.74, 6) is 0. The largest absolute Gasteiger partial charge is 0.340 e. The summed E-state index contributed by atoms with van der Waals surface area (Å²) in [6.07, 6.45) is 3.22. The maximum Gasteiger partial charge on any atom is 0.0523 e. The van der Waals surface area contributed by atoms with Crippen LogP contribution in [-0.2, 0) is 0 Å². The SMILES string of the molecule is C/C=C1/c2ccccc2N(CCCN)c2c1ccc(C)c2C. The number of aryl methyl sites for hydroxylation is 1. The van der Waals surface area contributed by atoms with Gasteiger partial charge in [-0.15, -0.1) is 0 Å². The molecule has 0 aliphatic carbocycles. The molecule has 2 N–H and O–H groups in total. The molecule has 2 nitrogen and oxygen atoms in total. The van der Waals surface area contributed by atoms with Crippen molar-refractivity contribution in [1.82, 2.24) is 0 Å². The van der Waals surface area contributed by atoms with Gasteiger partial charge in [0.25, 0.3) is 0 Å². The molecule has 0 atom stereocenters. The highest BCUT2D eigenvalue weighted by Crippen LogP contribution is 2.46. The summed E-state index contributed by atoms with van der Waals surface area (Å²) in [7, 11) is 0. The van der Waals surface area contributed by atoms with Crippen LogP contribution in [0.3, 0.4) is 0 Å². The average molecular weight is 292 g/mol. The van der Waals surface area contributed by atoms with E-state index in [9.17, 15) is 0 Å². The fourth-order valence-electron chi connectivity index (χ4n) is 3.36. The van der Waals surface area contributed by atoms with Gasteiger partial charge in [-0.1, -0.05) is 36.4 Å². The Hall–Kier alpha value is -2.06. The van der Waals surface area contributed by atoms with Crippen LogP contribution in [0.25, 0.3) is 5.57 Å². The molecule has 1 aliphatic heterocycles. The minimum atomic E-state index is 0.718. The molecule has 0 unspecified atom stereocenters. The maximum atomic E-state index is 5.77. The second-order valence-electron chi connectivity index (χ2n) is 5.92. The lowest BCUT2D eigenvalue weighted by molar-refractivity contribution is 0.812. The summed E-state index contributed by atoms with van der Waals surface area (Å²) >= 11 is 0. The highest BCUT2D eigenvalue weighted by atomic mass is 15.1. The van der Waals surface area contributed by atoms with E-state index in [0.717, 1.165) is 19.5 Å². The number of rotatable bonds is 3. The smallest absolute Gasteiger partial charge is 0.0523 e. The van der Waals surface area contributed by atoms with Gasteiger partial charge in [0.1, 0.15) is 0 Å². The number of hydrogen-bond donors (Lipinski definition) is 1. The van der Waals surface area contributed by atoms with Crippen LogP contribution in [0.15, 0.2) is 42.5 Å². The van der Waals surface area contributed by atoms with Gasteiger partial charge in [-0.25, -0.2) is 0 Å². The van der Waals surface area contributed by atoms with E-state index in [1.54, 1.807) is 0 Å². The Bertz CT molecular complexity index is 728. The Morgan fingerprint density at radius 1 is 1.05 bits per heavy atom. The van der Waals surface area contributed by atoms with Crippen LogP contribution < -0.4 is 10.6 Å². The van der Waals surface area contributed by atoms with E-state index in [-0.39, 0.29) is 0 Å². The van der Waals surface area contributed by atoms with E-state index >= 15 is 0 Å². The molecule has 114 valence electrons. The summed E-state index contributed by atoms with van der Waals surface area (Å²) in [6.45, 7) is 8.22. The number of para-hydroxylation sites is 1. The van der Waals surface area contributed by atoms with Gasteiger partial charge in [-0.3, -0.25) is 0 Å². The molecule has 0 amide bonds. The Balaban J connectivity index is 2.27. The van der Waals surface area contributed by atoms with Crippen LogP contribution in [0.5, 0.6) is 0 Å². The number of allylic oxidation sites excluding steroid dienone is 1. The zero-order valence-corrected chi connectivity index (χ0v) is 13.7. The van der Waals surface area contributed by atoms with Gasteiger partial charge in [0.2, 0.25) is 0 Å². The molecular formula is C20H24N2. The van der Waals surface area contributed by atoms with Crippen LogP contribution in [0.2, 0.25) is 0 Å². The molecular weight excluding hydrogens is 268 g/mol. The maximum absolute atomic E-state index is 5.77. The van der Waals surface area contributed by atoms with E-state index in [1.165, 1.54) is 39.2 Å². The predicted molar refractivity (Wildman–Crippen MR) is 95.8 cm³/mol. The first-order valence-electron chi connectivity index (χ1n) is 8.03. The number of nitrogens with two attached hydrogens (primary N) is 1. The lowest BCUT2D eigenvalue weighted by atomic mass is 9.87. The zero-order valence-electron chi connectivity index (χ0n) is 13.7. The van der Waals surface area contributed by atoms with Gasteiger partial charge >= 0.3 is 0 Å². The van der Waals surface area contributed by atoms with Gasteiger partial charge in [-0.05, 0) is 56.5 Å². The van der Waals surface area contributed by atoms with Crippen LogP contribution in [0, 0.1) is 13.8 Å². The van der Waals surface area contributed by atoms with Crippen molar-refractivity contribution in [2.75, 3.05) is 18.0 Å². The molecule has 0 spiro atoms. The minimum Gasteiger partial charge on any atom is -0.340 e. The predicted octanol–water partition coefficient (Wildman–Crippen LogP) is 4.56. The van der Waals surface area contributed by atoms with Crippen molar-refractivity contribution < 1.29 is 0 Å². The quantitative estimate of drug-likeness (QED) is 0.899. The Morgan fingerprint density at radius 3 is 2.55 bits per heavy atom. The first kappa shape index (κ1) is 14.9. The van der Waals surface area contributed by atoms with Gasteiger partial charge < -0.3 is 10.6 Å². The fraction of sp³-hybridized carbons (Fsp3) is 0.300. The monoisotopic (exact) mass is 292 g/mol. The summed E-state index contributed by atoms with van der Waals surface area (Å²) in [5, 5.41) is 0. The van der Waals surface area contributed by atoms with Crippen molar-refractivity contribution in [1.29, 1.82) is 0 Å². The lowest BCUT2D eigenvalue weighted by Gasteiger charge is -2.36. The average Bonchev–Trinajstić information content (AvgIpc) is 2.55. The molecule has 0 radical (unpaired) electrons. The van der Waals surface area contributed by atoms with Crippen molar-refractivity contribution in [2.24, 2.45) is 5.73 Å². The van der Waals surface area contributed by atoms with Gasteiger partial charge in [0, 0.05) is 23.4 Å². The second-order valence-corrected chi connectivity index (χ2v) is 5.92. The standard InChI is InChI=1S/C20H24N2/c1-4-16-17-8-5-6-9-19(17)22(13-7-12-21)20-15(3)14(2)10-11-18(16)20/h4-6,8-11H,7,12-13,21H2,1-3H3/b16-4-. The van der Waals surface area contributed by atoms with Gasteiger partial charge in [-0.2, -0.15) is 0 Å². The Labute approximate surface area is 133 Å². The van der Waals surface area contributed by atoms with Gasteiger partial charge in [0.15, 0.2) is 0 Å². The highest BCUT2D eigenvalue weighted by molar-refractivity contribution is 5.98. The molecule has 22 heavy (non-hydrogen) atoms. The van der Waals surface area contributed by atoms with Crippen molar-refractivity contribution in [3.05, 3.63) is 64.7 Å². The summed E-state index contributed by atoms with van der Waals surface area (Å²) in [6, 6.07) is 13.2. The Morgan fingerprint density at radius 2 is 1.82 bits per heavy atom. The number of benzene rings is 2. The summed E-state index contributed by atoms with van der Waals surface area (Å²) in [4.78, 5) is 2.45. The fourth-order valence-corrected chi connectivity index (χ4v) is 3.36. The highest BCUT2D eigenvalue weighted by Gasteiger charge is 2.27. The van der Waals surface area contributed by atoms with Crippen molar-refractivity contribution in [2.45, 2.75) is 27.2 Å². The summed E-state index contributed by atoms with van der Waals surface area (Å²) < 4.78 is 0. The molecule has 3 rings (SSSR count). The van der Waals surface area contributed by atoms with Crippen molar-refractivity contribution in [3.8, 4) is 0 Å². The van der Waals surface area contributed by atoms with E-state index in [1.807, 2.05) is 0 Å². The Kier molecular flexibility index (Phi) is 4.04. The van der Waals surface area contributed by atoms with E-state index < -0.39 is 0 Å². The molecule has 2 heteroatoms. The number of hydrogen-bond acceptors (Lipinski definition) is 2. The molecule has 0 bridgehead atoms. The first-order valence-corrected chi connectivity index (χ1v) is 8.03. The van der Waals surface area contributed by atoms with E-state index in [0.29, 0.717) is 0 Å². The van der Waals surface area contributed by atoms with E-state index in [4.69, 9.17) is 5.73 Å². The van der Waals surface area contributed by atoms with Crippen molar-refractivity contribution >= 4 is 16.9 Å². The number of anilines is 2. The molecule has 0 fully saturated rings. The third kappa shape index (κ3) is 2.24. The molecule has 0 aromatic heterocycles. The molecule has 0 saturated heterocycles.